The predicted octanol–water partition coefficient (Wildman–Crippen LogP) is 3.54. The number of benzene rings is 2. The average molecular weight is 530 g/mol. The molecule has 3 aromatic rings. The standard InChI is InChI=1S/C24H30N6.HI/c1-25-24(28-21-13-16-29(19-21)22-10-6-3-7-11-22)27-14-12-23-26-15-17-30(23)18-20-8-4-2-5-9-20;/h2-11,15,17,21H,12-14,16,18-19H2,1H3,(H2,25,27,28);1H. The Hall–Kier alpha value is -2.55. The Kier molecular flexibility index (Phi) is 8.75. The van der Waals surface area contributed by atoms with E-state index < -0.39 is 0 Å². The van der Waals surface area contributed by atoms with Gasteiger partial charge in [0.2, 0.25) is 0 Å². The van der Waals surface area contributed by atoms with Gasteiger partial charge in [-0.2, -0.15) is 0 Å². The van der Waals surface area contributed by atoms with Gasteiger partial charge in [-0.25, -0.2) is 4.98 Å². The van der Waals surface area contributed by atoms with Gasteiger partial charge in [-0.1, -0.05) is 48.5 Å². The second-order valence-electron chi connectivity index (χ2n) is 7.62. The van der Waals surface area contributed by atoms with Gasteiger partial charge in [-0.3, -0.25) is 4.99 Å². The number of halogens is 1. The van der Waals surface area contributed by atoms with Gasteiger partial charge in [0.25, 0.3) is 0 Å². The first kappa shape index (κ1) is 23.1. The first-order valence-corrected chi connectivity index (χ1v) is 10.6. The van der Waals surface area contributed by atoms with Gasteiger partial charge in [-0.15, -0.1) is 24.0 Å². The van der Waals surface area contributed by atoms with E-state index in [1.54, 1.807) is 0 Å². The maximum atomic E-state index is 4.54. The monoisotopic (exact) mass is 530 g/mol. The van der Waals surface area contributed by atoms with Gasteiger partial charge < -0.3 is 20.1 Å². The Morgan fingerprint density at radius 2 is 1.84 bits per heavy atom. The van der Waals surface area contributed by atoms with Crippen molar-refractivity contribution in [2.75, 3.05) is 31.6 Å². The summed E-state index contributed by atoms with van der Waals surface area (Å²) in [5.41, 5.74) is 2.57. The molecular weight excluding hydrogens is 499 g/mol. The van der Waals surface area contributed by atoms with E-state index >= 15 is 0 Å². The summed E-state index contributed by atoms with van der Waals surface area (Å²) >= 11 is 0. The SMILES string of the molecule is CN=C(NCCc1nccn1Cc1ccccc1)NC1CCN(c2ccccc2)C1.I. The Morgan fingerprint density at radius 3 is 2.58 bits per heavy atom. The molecule has 4 rings (SSSR count). The van der Waals surface area contributed by atoms with Crippen LogP contribution in [0.15, 0.2) is 78.0 Å². The third-order valence-electron chi connectivity index (χ3n) is 5.51. The first-order valence-electron chi connectivity index (χ1n) is 10.6. The van der Waals surface area contributed by atoms with Crippen LogP contribution >= 0.6 is 24.0 Å². The third kappa shape index (κ3) is 6.46. The van der Waals surface area contributed by atoms with Crippen LogP contribution in [0.5, 0.6) is 0 Å². The molecule has 0 amide bonds. The maximum absolute atomic E-state index is 4.54. The van der Waals surface area contributed by atoms with E-state index in [2.05, 4.69) is 84.7 Å². The number of rotatable bonds is 7. The lowest BCUT2D eigenvalue weighted by atomic mass is 10.2. The summed E-state index contributed by atoms with van der Waals surface area (Å²) in [5, 5.41) is 7.02. The second-order valence-corrected chi connectivity index (χ2v) is 7.62. The molecule has 6 nitrogen and oxygen atoms in total. The number of imidazole rings is 1. The number of hydrogen-bond donors (Lipinski definition) is 2. The van der Waals surface area contributed by atoms with Crippen LogP contribution in [0.3, 0.4) is 0 Å². The van der Waals surface area contributed by atoms with E-state index in [9.17, 15) is 0 Å². The lowest BCUT2D eigenvalue weighted by Gasteiger charge is -2.20. The third-order valence-corrected chi connectivity index (χ3v) is 5.51. The molecule has 7 heteroatoms. The highest BCUT2D eigenvalue weighted by atomic mass is 127. The van der Waals surface area contributed by atoms with Crippen LogP contribution in [0.2, 0.25) is 0 Å². The topological polar surface area (TPSA) is 57.5 Å². The normalized spacial score (nSPS) is 16.1. The summed E-state index contributed by atoms with van der Waals surface area (Å²) in [7, 11) is 1.83. The van der Waals surface area contributed by atoms with Crippen LogP contribution in [0.4, 0.5) is 5.69 Å². The van der Waals surface area contributed by atoms with E-state index in [-0.39, 0.29) is 24.0 Å². The molecule has 0 spiro atoms. The highest BCUT2D eigenvalue weighted by Crippen LogP contribution is 2.19. The van der Waals surface area contributed by atoms with Crippen molar-refractivity contribution in [3.8, 4) is 0 Å². The minimum atomic E-state index is 0. The number of para-hydroxylation sites is 1. The maximum Gasteiger partial charge on any atom is 0.191 e. The van der Waals surface area contributed by atoms with E-state index in [0.717, 1.165) is 50.8 Å². The van der Waals surface area contributed by atoms with Crippen molar-refractivity contribution in [1.82, 2.24) is 20.2 Å². The molecule has 2 heterocycles. The summed E-state index contributed by atoms with van der Waals surface area (Å²) in [6.45, 7) is 3.70. The first-order chi connectivity index (χ1) is 14.8. The molecule has 1 saturated heterocycles. The minimum Gasteiger partial charge on any atom is -0.369 e. The van der Waals surface area contributed by atoms with Crippen molar-refractivity contribution in [2.24, 2.45) is 4.99 Å². The molecule has 2 N–H and O–H groups in total. The zero-order chi connectivity index (χ0) is 20.6. The molecular formula is C24H31IN6. The highest BCUT2D eigenvalue weighted by molar-refractivity contribution is 14.0. The Balaban J connectivity index is 0.00000272. The van der Waals surface area contributed by atoms with Gasteiger partial charge >= 0.3 is 0 Å². The fraction of sp³-hybridized carbons (Fsp3) is 0.333. The predicted molar refractivity (Wildman–Crippen MR) is 138 cm³/mol. The molecule has 1 aromatic heterocycles. The quantitative estimate of drug-likeness (QED) is 0.279. The molecule has 0 aliphatic carbocycles. The van der Waals surface area contributed by atoms with Crippen LogP contribution in [0.1, 0.15) is 17.8 Å². The van der Waals surface area contributed by atoms with Crippen LogP contribution < -0.4 is 15.5 Å². The van der Waals surface area contributed by atoms with E-state index in [1.807, 2.05) is 25.5 Å². The highest BCUT2D eigenvalue weighted by Gasteiger charge is 2.23. The zero-order valence-corrected chi connectivity index (χ0v) is 20.3. The molecule has 1 aliphatic rings. The largest absolute Gasteiger partial charge is 0.369 e. The van der Waals surface area contributed by atoms with E-state index in [1.165, 1.54) is 11.3 Å². The number of aromatic nitrogens is 2. The Labute approximate surface area is 201 Å². The van der Waals surface area contributed by atoms with Crippen molar-refractivity contribution in [3.05, 3.63) is 84.4 Å². The molecule has 164 valence electrons. The molecule has 31 heavy (non-hydrogen) atoms. The number of nitrogens with zero attached hydrogens (tertiary/aromatic N) is 4. The van der Waals surface area contributed by atoms with Gasteiger partial charge in [0.15, 0.2) is 5.96 Å². The summed E-state index contributed by atoms with van der Waals surface area (Å²) in [5.74, 6) is 1.94. The molecule has 0 radical (unpaired) electrons. The van der Waals surface area contributed by atoms with Gasteiger partial charge in [-0.05, 0) is 24.1 Å². The van der Waals surface area contributed by atoms with Crippen molar-refractivity contribution < 1.29 is 0 Å². The summed E-state index contributed by atoms with van der Waals surface area (Å²) in [6.07, 6.45) is 5.88. The van der Waals surface area contributed by atoms with Crippen LogP contribution in [0.25, 0.3) is 0 Å². The number of aliphatic imine (C=N–C) groups is 1. The van der Waals surface area contributed by atoms with Gasteiger partial charge in [0.05, 0.1) is 0 Å². The van der Waals surface area contributed by atoms with Crippen LogP contribution in [-0.4, -0.2) is 48.2 Å². The van der Waals surface area contributed by atoms with Crippen molar-refractivity contribution >= 4 is 35.6 Å². The fourth-order valence-electron chi connectivity index (χ4n) is 3.92. The van der Waals surface area contributed by atoms with Crippen molar-refractivity contribution in [1.29, 1.82) is 0 Å². The van der Waals surface area contributed by atoms with Crippen LogP contribution in [0, 0.1) is 0 Å². The van der Waals surface area contributed by atoms with Gasteiger partial charge in [0.1, 0.15) is 5.82 Å². The molecule has 1 unspecified atom stereocenters. The van der Waals surface area contributed by atoms with E-state index in [4.69, 9.17) is 0 Å². The average Bonchev–Trinajstić information content (AvgIpc) is 3.44. The fourth-order valence-corrected chi connectivity index (χ4v) is 3.92. The summed E-state index contributed by atoms with van der Waals surface area (Å²) in [4.78, 5) is 11.4. The number of anilines is 1. The Morgan fingerprint density at radius 1 is 1.10 bits per heavy atom. The minimum absolute atomic E-state index is 0. The zero-order valence-electron chi connectivity index (χ0n) is 17.9. The van der Waals surface area contributed by atoms with Crippen molar-refractivity contribution in [2.45, 2.75) is 25.4 Å². The second kappa shape index (κ2) is 11.7. The number of hydrogen-bond acceptors (Lipinski definition) is 3. The van der Waals surface area contributed by atoms with Crippen molar-refractivity contribution in [3.63, 3.8) is 0 Å². The molecule has 2 aromatic carbocycles. The van der Waals surface area contributed by atoms with Crippen LogP contribution in [-0.2, 0) is 13.0 Å². The lowest BCUT2D eigenvalue weighted by Crippen LogP contribution is -2.45. The molecule has 0 bridgehead atoms. The van der Waals surface area contributed by atoms with Gasteiger partial charge in [0, 0.05) is 63.8 Å². The number of guanidine groups is 1. The molecule has 1 atom stereocenters. The van der Waals surface area contributed by atoms with E-state index in [0.29, 0.717) is 6.04 Å². The lowest BCUT2D eigenvalue weighted by molar-refractivity contribution is 0.641. The molecule has 1 aliphatic heterocycles. The Bertz CT molecular complexity index is 941. The summed E-state index contributed by atoms with van der Waals surface area (Å²) < 4.78 is 2.21. The molecule has 1 fully saturated rings. The number of nitrogens with one attached hydrogen (secondary N) is 2. The smallest absolute Gasteiger partial charge is 0.191 e. The summed E-state index contributed by atoms with van der Waals surface area (Å²) in [6, 6.07) is 21.5. The molecule has 0 saturated carbocycles.